The summed E-state index contributed by atoms with van der Waals surface area (Å²) >= 11 is 0. The van der Waals surface area contributed by atoms with Crippen LogP contribution < -0.4 is 10.2 Å². The number of nitrogens with one attached hydrogen (secondary N) is 1. The van der Waals surface area contributed by atoms with Gasteiger partial charge in [-0.15, -0.1) is 0 Å². The van der Waals surface area contributed by atoms with Gasteiger partial charge in [0, 0.05) is 38.3 Å². The van der Waals surface area contributed by atoms with Gasteiger partial charge in [0.05, 0.1) is 17.4 Å². The van der Waals surface area contributed by atoms with Crippen molar-refractivity contribution in [1.29, 1.82) is 0 Å². The first-order valence-electron chi connectivity index (χ1n) is 6.69. The summed E-state index contributed by atoms with van der Waals surface area (Å²) in [6.07, 6.45) is 4.12. The molecule has 0 radical (unpaired) electrons. The quantitative estimate of drug-likeness (QED) is 0.875. The summed E-state index contributed by atoms with van der Waals surface area (Å²) in [4.78, 5) is 7.01. The van der Waals surface area contributed by atoms with Gasteiger partial charge in [0.1, 0.15) is 5.82 Å². The second kappa shape index (κ2) is 4.61. The van der Waals surface area contributed by atoms with Crippen LogP contribution in [0.4, 0.5) is 5.69 Å². The highest BCUT2D eigenvalue weighted by molar-refractivity contribution is 5.73. The second-order valence-electron chi connectivity index (χ2n) is 5.16. The lowest BCUT2D eigenvalue weighted by molar-refractivity contribution is 0.589. The van der Waals surface area contributed by atoms with Crippen molar-refractivity contribution in [3.05, 3.63) is 30.4 Å². The van der Waals surface area contributed by atoms with E-state index >= 15 is 0 Å². The molecule has 2 aromatic rings. The van der Waals surface area contributed by atoms with Gasteiger partial charge in [0.2, 0.25) is 0 Å². The summed E-state index contributed by atoms with van der Waals surface area (Å²) in [5.74, 6) is 1.59. The average molecular weight is 244 g/mol. The zero-order valence-electron chi connectivity index (χ0n) is 11.1. The molecule has 1 fully saturated rings. The normalized spacial score (nSPS) is 16.7. The van der Waals surface area contributed by atoms with E-state index in [2.05, 4.69) is 51.8 Å². The van der Waals surface area contributed by atoms with Crippen LogP contribution in [0.3, 0.4) is 0 Å². The monoisotopic (exact) mass is 244 g/mol. The largest absolute Gasteiger partial charge is 0.367 e. The van der Waals surface area contributed by atoms with E-state index in [9.17, 15) is 0 Å². The number of imidazole rings is 1. The average Bonchev–Trinajstić information content (AvgIpc) is 2.83. The number of aromatic nitrogens is 2. The first kappa shape index (κ1) is 11.5. The summed E-state index contributed by atoms with van der Waals surface area (Å²) in [5, 5.41) is 3.39. The van der Waals surface area contributed by atoms with Crippen LogP contribution in [-0.2, 0) is 0 Å². The van der Waals surface area contributed by atoms with Gasteiger partial charge in [0.15, 0.2) is 0 Å². The van der Waals surface area contributed by atoms with Crippen molar-refractivity contribution in [3.8, 4) is 0 Å². The molecule has 0 aliphatic carbocycles. The third-order valence-electron chi connectivity index (χ3n) is 3.55. The Bertz CT molecular complexity index is 538. The molecule has 2 aromatic heterocycles. The Kier molecular flexibility index (Phi) is 2.96. The number of pyridine rings is 1. The second-order valence-corrected chi connectivity index (χ2v) is 5.16. The third-order valence-corrected chi connectivity index (χ3v) is 3.55. The summed E-state index contributed by atoms with van der Waals surface area (Å²) < 4.78 is 2.22. The van der Waals surface area contributed by atoms with Crippen LogP contribution in [-0.4, -0.2) is 35.6 Å². The predicted octanol–water partition coefficient (Wildman–Crippen LogP) is 1.87. The fourth-order valence-corrected chi connectivity index (χ4v) is 2.63. The van der Waals surface area contributed by atoms with E-state index in [1.807, 2.05) is 6.20 Å². The molecule has 4 heteroatoms. The molecule has 1 N–H and O–H groups in total. The van der Waals surface area contributed by atoms with Crippen LogP contribution in [0.5, 0.6) is 0 Å². The van der Waals surface area contributed by atoms with E-state index in [1.54, 1.807) is 0 Å². The number of piperazine rings is 1. The summed E-state index contributed by atoms with van der Waals surface area (Å²) in [6.45, 7) is 8.64. The van der Waals surface area contributed by atoms with Crippen molar-refractivity contribution >= 4 is 11.2 Å². The molecule has 96 valence electrons. The van der Waals surface area contributed by atoms with Gasteiger partial charge in [0.25, 0.3) is 0 Å². The van der Waals surface area contributed by atoms with Crippen LogP contribution in [0.15, 0.2) is 24.5 Å². The Morgan fingerprint density at radius 2 is 2.06 bits per heavy atom. The number of rotatable bonds is 2. The first-order chi connectivity index (χ1) is 8.77. The molecular formula is C14H20N4. The highest BCUT2D eigenvalue weighted by atomic mass is 15.2. The highest BCUT2D eigenvalue weighted by Crippen LogP contribution is 2.25. The number of hydrogen-bond acceptors (Lipinski definition) is 3. The molecule has 3 heterocycles. The fraction of sp³-hybridized carbons (Fsp3) is 0.500. The van der Waals surface area contributed by atoms with E-state index in [-0.39, 0.29) is 0 Å². The molecule has 0 unspecified atom stereocenters. The Balaban J connectivity index is 2.07. The number of anilines is 1. The molecular weight excluding hydrogens is 224 g/mol. The molecule has 0 aromatic carbocycles. The van der Waals surface area contributed by atoms with Gasteiger partial charge in [-0.25, -0.2) is 4.98 Å². The van der Waals surface area contributed by atoms with Crippen LogP contribution in [0.2, 0.25) is 0 Å². The molecule has 1 saturated heterocycles. The molecule has 0 bridgehead atoms. The van der Waals surface area contributed by atoms with Crippen molar-refractivity contribution in [2.45, 2.75) is 19.8 Å². The lowest BCUT2D eigenvalue weighted by Gasteiger charge is -2.29. The molecule has 0 amide bonds. The maximum Gasteiger partial charge on any atom is 0.115 e. The molecule has 18 heavy (non-hydrogen) atoms. The van der Waals surface area contributed by atoms with E-state index in [4.69, 9.17) is 0 Å². The minimum Gasteiger partial charge on any atom is -0.367 e. The molecule has 0 spiro atoms. The van der Waals surface area contributed by atoms with Crippen LogP contribution in [0.1, 0.15) is 25.6 Å². The standard InChI is InChI=1S/C14H20N4/c1-11(2)14-16-10-13-12(4-3-7-18(13)14)17-8-5-15-6-9-17/h3-4,7,10-11,15H,5-6,8-9H2,1-2H3. The van der Waals surface area contributed by atoms with Gasteiger partial charge < -0.3 is 14.6 Å². The van der Waals surface area contributed by atoms with E-state index in [0.29, 0.717) is 5.92 Å². The minimum atomic E-state index is 0.450. The van der Waals surface area contributed by atoms with Crippen molar-refractivity contribution in [3.63, 3.8) is 0 Å². The van der Waals surface area contributed by atoms with Crippen molar-refractivity contribution in [1.82, 2.24) is 14.7 Å². The zero-order chi connectivity index (χ0) is 12.5. The summed E-state index contributed by atoms with van der Waals surface area (Å²) in [6, 6.07) is 4.32. The van der Waals surface area contributed by atoms with Gasteiger partial charge in [-0.2, -0.15) is 0 Å². The van der Waals surface area contributed by atoms with E-state index < -0.39 is 0 Å². The summed E-state index contributed by atoms with van der Waals surface area (Å²) in [5.41, 5.74) is 2.53. The topological polar surface area (TPSA) is 32.6 Å². The Labute approximate surface area is 108 Å². The van der Waals surface area contributed by atoms with Crippen LogP contribution >= 0.6 is 0 Å². The van der Waals surface area contributed by atoms with Gasteiger partial charge in [-0.1, -0.05) is 13.8 Å². The molecule has 1 aliphatic rings. The lowest BCUT2D eigenvalue weighted by atomic mass is 10.2. The van der Waals surface area contributed by atoms with Crippen molar-refractivity contribution < 1.29 is 0 Å². The maximum atomic E-state index is 4.57. The smallest absolute Gasteiger partial charge is 0.115 e. The fourth-order valence-electron chi connectivity index (χ4n) is 2.63. The minimum absolute atomic E-state index is 0.450. The Morgan fingerprint density at radius 3 is 2.78 bits per heavy atom. The highest BCUT2D eigenvalue weighted by Gasteiger charge is 2.15. The molecule has 3 rings (SSSR count). The molecule has 0 atom stereocenters. The number of nitrogens with zero attached hydrogens (tertiary/aromatic N) is 3. The van der Waals surface area contributed by atoms with Gasteiger partial charge >= 0.3 is 0 Å². The van der Waals surface area contributed by atoms with Gasteiger partial charge in [-0.05, 0) is 12.1 Å². The third kappa shape index (κ3) is 1.86. The van der Waals surface area contributed by atoms with E-state index in [0.717, 1.165) is 32.0 Å². The molecule has 4 nitrogen and oxygen atoms in total. The Hall–Kier alpha value is -1.55. The zero-order valence-corrected chi connectivity index (χ0v) is 11.1. The number of hydrogen-bond donors (Lipinski definition) is 1. The molecule has 0 saturated carbocycles. The summed E-state index contributed by atoms with van der Waals surface area (Å²) in [7, 11) is 0. The SMILES string of the molecule is CC(C)c1ncc2c(N3CCNCC3)cccn12. The van der Waals surface area contributed by atoms with Crippen LogP contribution in [0.25, 0.3) is 5.52 Å². The van der Waals surface area contributed by atoms with Crippen molar-refractivity contribution in [2.75, 3.05) is 31.1 Å². The van der Waals surface area contributed by atoms with Crippen molar-refractivity contribution in [2.24, 2.45) is 0 Å². The number of fused-ring (bicyclic) bond motifs is 1. The first-order valence-corrected chi connectivity index (χ1v) is 6.69. The lowest BCUT2D eigenvalue weighted by Crippen LogP contribution is -2.43. The molecule has 1 aliphatic heterocycles. The maximum absolute atomic E-state index is 4.57. The van der Waals surface area contributed by atoms with Crippen LogP contribution in [0, 0.1) is 0 Å². The van der Waals surface area contributed by atoms with E-state index in [1.165, 1.54) is 11.2 Å². The predicted molar refractivity (Wildman–Crippen MR) is 74.4 cm³/mol. The Morgan fingerprint density at radius 1 is 1.28 bits per heavy atom. The van der Waals surface area contributed by atoms with Gasteiger partial charge in [-0.3, -0.25) is 0 Å².